The Bertz CT molecular complexity index is 377. The van der Waals surface area contributed by atoms with E-state index in [-0.39, 0.29) is 6.04 Å². The topological polar surface area (TPSA) is 59.1 Å². The third kappa shape index (κ3) is 4.45. The summed E-state index contributed by atoms with van der Waals surface area (Å²) in [7, 11) is 4.09. The van der Waals surface area contributed by atoms with Gasteiger partial charge in [0, 0.05) is 6.54 Å². The van der Waals surface area contributed by atoms with Gasteiger partial charge in [0.1, 0.15) is 0 Å². The van der Waals surface area contributed by atoms with Gasteiger partial charge in [-0.05, 0) is 26.4 Å². The smallest absolute Gasteiger partial charge is 0.0834 e. The normalized spacial score (nSPS) is 14.9. The van der Waals surface area contributed by atoms with Gasteiger partial charge < -0.3 is 4.90 Å². The summed E-state index contributed by atoms with van der Waals surface area (Å²) in [5, 5.41) is 5.05. The summed E-state index contributed by atoms with van der Waals surface area (Å²) in [4.78, 5) is 2.12. The van der Waals surface area contributed by atoms with Gasteiger partial charge in [0.25, 0.3) is 0 Å². The number of aromatic nitrogens is 2. The fourth-order valence-corrected chi connectivity index (χ4v) is 2.55. The van der Waals surface area contributed by atoms with E-state index < -0.39 is 0 Å². The molecule has 5 nitrogen and oxygen atoms in total. The highest BCUT2D eigenvalue weighted by Gasteiger charge is 2.24. The van der Waals surface area contributed by atoms with Gasteiger partial charge in [-0.3, -0.25) is 16.0 Å². The molecule has 1 heterocycles. The van der Waals surface area contributed by atoms with Crippen LogP contribution in [0.3, 0.4) is 0 Å². The number of hydrazine groups is 1. The molecule has 0 aliphatic rings. The molecule has 0 aliphatic heterocycles. The summed E-state index contributed by atoms with van der Waals surface area (Å²) in [5.41, 5.74) is 3.89. The molecular formula is C13H26ClN5. The van der Waals surface area contributed by atoms with Gasteiger partial charge in [-0.15, -0.1) is 0 Å². The lowest BCUT2D eigenvalue weighted by Crippen LogP contribution is -2.35. The number of halogens is 1. The molecule has 1 aromatic rings. The zero-order chi connectivity index (χ0) is 14.4. The summed E-state index contributed by atoms with van der Waals surface area (Å²) < 4.78 is 1.96. The van der Waals surface area contributed by atoms with Crippen LogP contribution in [0.5, 0.6) is 0 Å². The molecule has 1 aromatic heterocycles. The number of nitrogens with two attached hydrogens (primary N) is 1. The predicted octanol–water partition coefficient (Wildman–Crippen LogP) is 2.04. The van der Waals surface area contributed by atoms with Crippen LogP contribution in [0.4, 0.5) is 0 Å². The third-order valence-corrected chi connectivity index (χ3v) is 3.67. The van der Waals surface area contributed by atoms with Gasteiger partial charge in [-0.2, -0.15) is 5.10 Å². The van der Waals surface area contributed by atoms with Crippen LogP contribution < -0.4 is 11.3 Å². The van der Waals surface area contributed by atoms with Gasteiger partial charge in [-0.1, -0.05) is 31.9 Å². The molecule has 0 saturated carbocycles. The van der Waals surface area contributed by atoms with E-state index in [1.54, 1.807) is 6.20 Å². The highest BCUT2D eigenvalue weighted by molar-refractivity contribution is 6.31. The molecule has 0 bridgehead atoms. The van der Waals surface area contributed by atoms with E-state index in [1.807, 2.05) is 18.8 Å². The lowest BCUT2D eigenvalue weighted by molar-refractivity contribution is 0.327. The number of hydrogen-bond acceptors (Lipinski definition) is 4. The van der Waals surface area contributed by atoms with Crippen molar-refractivity contribution in [2.75, 3.05) is 20.6 Å². The molecule has 0 aliphatic carbocycles. The summed E-state index contributed by atoms with van der Waals surface area (Å²) in [6, 6.07) is 0.0390. The Hall–Kier alpha value is -0.620. The van der Waals surface area contributed by atoms with Crippen molar-refractivity contribution in [3.8, 4) is 0 Å². The first-order valence-electron chi connectivity index (χ1n) is 6.83. The Kier molecular flexibility index (Phi) is 6.79. The Morgan fingerprint density at radius 3 is 2.74 bits per heavy atom. The molecule has 0 spiro atoms. The molecule has 0 amide bonds. The van der Waals surface area contributed by atoms with Crippen LogP contribution in [0, 0.1) is 5.92 Å². The van der Waals surface area contributed by atoms with Crippen molar-refractivity contribution in [3.05, 3.63) is 16.9 Å². The Balaban J connectivity index is 2.92. The van der Waals surface area contributed by atoms with Gasteiger partial charge >= 0.3 is 0 Å². The van der Waals surface area contributed by atoms with Crippen molar-refractivity contribution in [2.24, 2.45) is 11.8 Å². The maximum atomic E-state index is 6.29. The molecule has 1 rings (SSSR count). The average molecular weight is 288 g/mol. The van der Waals surface area contributed by atoms with Gasteiger partial charge in [0.05, 0.1) is 29.5 Å². The van der Waals surface area contributed by atoms with E-state index in [0.717, 1.165) is 31.6 Å². The minimum absolute atomic E-state index is 0.0390. The number of nitrogens with one attached hydrogen (secondary N) is 1. The summed E-state index contributed by atoms with van der Waals surface area (Å²) in [5.74, 6) is 6.15. The standard InChI is InChI=1S/C13H26ClN5/c1-5-6-10(2)12(17-15)13-11(14)9-16-19(13)8-7-18(3)4/h9-10,12,17H,5-8,15H2,1-4H3. The molecule has 110 valence electrons. The molecule has 2 unspecified atom stereocenters. The first-order valence-corrected chi connectivity index (χ1v) is 7.21. The number of rotatable bonds is 8. The Labute approximate surface area is 121 Å². The largest absolute Gasteiger partial charge is 0.308 e. The van der Waals surface area contributed by atoms with Crippen molar-refractivity contribution in [1.29, 1.82) is 0 Å². The van der Waals surface area contributed by atoms with Crippen LogP contribution in [0.2, 0.25) is 5.02 Å². The predicted molar refractivity (Wildman–Crippen MR) is 79.9 cm³/mol. The van der Waals surface area contributed by atoms with Crippen LogP contribution in [-0.4, -0.2) is 35.3 Å². The molecule has 3 N–H and O–H groups in total. The highest BCUT2D eigenvalue weighted by atomic mass is 35.5. The third-order valence-electron chi connectivity index (χ3n) is 3.38. The first-order chi connectivity index (χ1) is 9.01. The number of hydrogen-bond donors (Lipinski definition) is 2. The van der Waals surface area contributed by atoms with Crippen LogP contribution in [0.1, 0.15) is 38.4 Å². The molecule has 0 aromatic carbocycles. The summed E-state index contributed by atoms with van der Waals surface area (Å²) in [6.07, 6.45) is 3.93. The zero-order valence-corrected chi connectivity index (χ0v) is 13.1. The first kappa shape index (κ1) is 16.4. The van der Waals surface area contributed by atoms with E-state index in [9.17, 15) is 0 Å². The van der Waals surface area contributed by atoms with Crippen LogP contribution in [-0.2, 0) is 6.54 Å². The van der Waals surface area contributed by atoms with E-state index in [1.165, 1.54) is 0 Å². The van der Waals surface area contributed by atoms with Crippen molar-refractivity contribution in [2.45, 2.75) is 39.3 Å². The fourth-order valence-electron chi connectivity index (χ4n) is 2.29. The van der Waals surface area contributed by atoms with Crippen molar-refractivity contribution in [3.63, 3.8) is 0 Å². The highest BCUT2D eigenvalue weighted by Crippen LogP contribution is 2.30. The molecule has 19 heavy (non-hydrogen) atoms. The van der Waals surface area contributed by atoms with E-state index in [0.29, 0.717) is 10.9 Å². The van der Waals surface area contributed by atoms with Crippen molar-refractivity contribution < 1.29 is 0 Å². The van der Waals surface area contributed by atoms with E-state index >= 15 is 0 Å². The van der Waals surface area contributed by atoms with Crippen LogP contribution in [0.15, 0.2) is 6.20 Å². The van der Waals surface area contributed by atoms with Crippen molar-refractivity contribution in [1.82, 2.24) is 20.1 Å². The van der Waals surface area contributed by atoms with Gasteiger partial charge in [0.2, 0.25) is 0 Å². The van der Waals surface area contributed by atoms with Gasteiger partial charge in [0.15, 0.2) is 0 Å². The number of nitrogens with zero attached hydrogens (tertiary/aromatic N) is 3. The molecular weight excluding hydrogens is 262 g/mol. The maximum absolute atomic E-state index is 6.29. The van der Waals surface area contributed by atoms with E-state index in [4.69, 9.17) is 17.4 Å². The molecule has 0 fully saturated rings. The lowest BCUT2D eigenvalue weighted by Gasteiger charge is -2.24. The zero-order valence-electron chi connectivity index (χ0n) is 12.4. The van der Waals surface area contributed by atoms with Crippen LogP contribution in [0.25, 0.3) is 0 Å². The maximum Gasteiger partial charge on any atom is 0.0834 e. The lowest BCUT2D eigenvalue weighted by atomic mass is 9.95. The fraction of sp³-hybridized carbons (Fsp3) is 0.769. The second-order valence-electron chi connectivity index (χ2n) is 5.31. The second-order valence-corrected chi connectivity index (χ2v) is 5.72. The molecule has 0 radical (unpaired) electrons. The summed E-state index contributed by atoms with van der Waals surface area (Å²) in [6.45, 7) is 6.10. The van der Waals surface area contributed by atoms with Gasteiger partial charge in [-0.25, -0.2) is 0 Å². The Morgan fingerprint density at radius 2 is 2.21 bits per heavy atom. The average Bonchev–Trinajstić information content (AvgIpc) is 2.70. The molecule has 2 atom stereocenters. The minimum atomic E-state index is 0.0390. The minimum Gasteiger partial charge on any atom is -0.308 e. The Morgan fingerprint density at radius 1 is 1.53 bits per heavy atom. The molecule has 0 saturated heterocycles. The van der Waals surface area contributed by atoms with Crippen LogP contribution >= 0.6 is 11.6 Å². The summed E-state index contributed by atoms with van der Waals surface area (Å²) >= 11 is 6.29. The number of likely N-dealkylation sites (N-methyl/N-ethyl adjacent to an activating group) is 1. The second kappa shape index (κ2) is 7.85. The quantitative estimate of drug-likeness (QED) is 0.567. The SMILES string of the molecule is CCCC(C)C(NN)c1c(Cl)cnn1CCN(C)C. The monoisotopic (exact) mass is 287 g/mol. The molecule has 6 heteroatoms. The van der Waals surface area contributed by atoms with Crippen molar-refractivity contribution >= 4 is 11.6 Å². The van der Waals surface area contributed by atoms with E-state index in [2.05, 4.69) is 29.3 Å².